The number of amides is 1. The Morgan fingerprint density at radius 2 is 1.20 bits per heavy atom. The highest BCUT2D eigenvalue weighted by atomic mass is 31.2. The molecule has 0 aromatic rings. The molecule has 0 aromatic carbocycles. The van der Waals surface area contributed by atoms with Gasteiger partial charge in [0.2, 0.25) is 5.91 Å². The van der Waals surface area contributed by atoms with Gasteiger partial charge in [-0.3, -0.25) is 13.8 Å². The largest absolute Gasteiger partial charge is 0.472 e. The van der Waals surface area contributed by atoms with E-state index in [2.05, 4.69) is 55.6 Å². The van der Waals surface area contributed by atoms with Gasteiger partial charge in [-0.2, -0.15) is 0 Å². The predicted octanol–water partition coefficient (Wildman–Crippen LogP) is 9.91. The van der Waals surface area contributed by atoms with Gasteiger partial charge in [-0.25, -0.2) is 4.57 Å². The van der Waals surface area contributed by atoms with Crippen molar-refractivity contribution in [2.24, 2.45) is 5.73 Å². The maximum atomic E-state index is 12.7. The van der Waals surface area contributed by atoms with Gasteiger partial charge in [0.1, 0.15) is 0 Å². The summed E-state index contributed by atoms with van der Waals surface area (Å²) in [4.78, 5) is 22.6. The van der Waals surface area contributed by atoms with Crippen LogP contribution < -0.4 is 11.1 Å². The molecule has 0 radical (unpaired) electrons. The lowest BCUT2D eigenvalue weighted by molar-refractivity contribution is -0.124. The molecule has 51 heavy (non-hydrogen) atoms. The summed E-state index contributed by atoms with van der Waals surface area (Å²) < 4.78 is 21.9. The van der Waals surface area contributed by atoms with Crippen molar-refractivity contribution in [1.29, 1.82) is 0 Å². The lowest BCUT2D eigenvalue weighted by Crippen LogP contribution is -2.46. The number of aliphatic hydroxyl groups is 2. The Morgan fingerprint density at radius 1 is 0.686 bits per heavy atom. The zero-order valence-electron chi connectivity index (χ0n) is 32.4. The van der Waals surface area contributed by atoms with Crippen LogP contribution in [0.1, 0.15) is 168 Å². The molecule has 0 aliphatic rings. The van der Waals surface area contributed by atoms with Crippen LogP contribution in [0.5, 0.6) is 0 Å². The lowest BCUT2D eigenvalue weighted by atomic mass is 10.0. The second kappa shape index (κ2) is 36.8. The molecular formula is C41H77N2O7P. The summed E-state index contributed by atoms with van der Waals surface area (Å²) in [5.41, 5.74) is 5.33. The van der Waals surface area contributed by atoms with Crippen molar-refractivity contribution in [3.8, 4) is 0 Å². The quantitative estimate of drug-likeness (QED) is 0.0240. The summed E-state index contributed by atoms with van der Waals surface area (Å²) in [6.45, 7) is 3.84. The zero-order chi connectivity index (χ0) is 37.7. The second-order valence-corrected chi connectivity index (χ2v) is 15.1. The molecule has 1 amide bonds. The summed E-state index contributed by atoms with van der Waals surface area (Å²) in [5, 5.41) is 23.8. The minimum absolute atomic E-state index is 0.0408. The molecular weight excluding hydrogens is 663 g/mol. The number of carbonyl (C=O) groups excluding carboxylic acids is 1. The number of rotatable bonds is 37. The minimum atomic E-state index is -4.40. The van der Waals surface area contributed by atoms with E-state index < -0.39 is 38.6 Å². The molecule has 0 aliphatic heterocycles. The molecule has 0 saturated carbocycles. The molecule has 0 aliphatic carbocycles. The molecule has 0 aromatic heterocycles. The third kappa shape index (κ3) is 35.2. The first kappa shape index (κ1) is 49.4. The van der Waals surface area contributed by atoms with Gasteiger partial charge in [0.25, 0.3) is 0 Å². The highest BCUT2D eigenvalue weighted by molar-refractivity contribution is 7.47. The Bertz CT molecular complexity index is 956. The molecule has 0 heterocycles. The van der Waals surface area contributed by atoms with E-state index in [4.69, 9.17) is 14.8 Å². The number of hydrogen-bond acceptors (Lipinski definition) is 7. The number of nitrogens with two attached hydrogens (primary N) is 1. The van der Waals surface area contributed by atoms with E-state index in [1.54, 1.807) is 12.2 Å². The van der Waals surface area contributed by atoms with Crippen molar-refractivity contribution >= 4 is 13.7 Å². The van der Waals surface area contributed by atoms with Crippen LogP contribution in [0, 0.1) is 0 Å². The molecule has 9 nitrogen and oxygen atoms in total. The molecule has 0 saturated heterocycles. The van der Waals surface area contributed by atoms with Crippen molar-refractivity contribution in [2.75, 3.05) is 19.8 Å². The predicted molar refractivity (Wildman–Crippen MR) is 213 cm³/mol. The number of hydrogen-bond donors (Lipinski definition) is 5. The third-order valence-corrected chi connectivity index (χ3v) is 9.67. The Labute approximate surface area is 312 Å². The Kier molecular flexibility index (Phi) is 35.6. The second-order valence-electron chi connectivity index (χ2n) is 13.7. The summed E-state index contributed by atoms with van der Waals surface area (Å²) >= 11 is 0. The fourth-order valence-corrected chi connectivity index (χ4v) is 6.32. The van der Waals surface area contributed by atoms with E-state index in [1.807, 2.05) is 0 Å². The van der Waals surface area contributed by atoms with Crippen LogP contribution in [0.15, 0.2) is 48.6 Å². The molecule has 0 spiro atoms. The van der Waals surface area contributed by atoms with Crippen LogP contribution in [-0.2, 0) is 18.4 Å². The highest BCUT2D eigenvalue weighted by Crippen LogP contribution is 2.43. The Hall–Kier alpha value is -1.58. The van der Waals surface area contributed by atoms with Gasteiger partial charge in [0, 0.05) is 6.54 Å². The lowest BCUT2D eigenvalue weighted by Gasteiger charge is -2.24. The van der Waals surface area contributed by atoms with Crippen molar-refractivity contribution < 1.29 is 33.5 Å². The maximum absolute atomic E-state index is 12.7. The van der Waals surface area contributed by atoms with Crippen LogP contribution in [0.3, 0.4) is 0 Å². The molecule has 0 rings (SSSR count). The number of unbranched alkanes of at least 4 members (excludes halogenated alkanes) is 17. The van der Waals surface area contributed by atoms with Gasteiger partial charge >= 0.3 is 7.82 Å². The normalized spacial score (nSPS) is 15.3. The monoisotopic (exact) mass is 741 g/mol. The van der Waals surface area contributed by atoms with Gasteiger partial charge < -0.3 is 26.2 Å². The first-order valence-electron chi connectivity index (χ1n) is 20.3. The number of aliphatic hydroxyl groups excluding tert-OH is 2. The van der Waals surface area contributed by atoms with Gasteiger partial charge in [0.05, 0.1) is 37.9 Å². The van der Waals surface area contributed by atoms with E-state index in [1.165, 1.54) is 64.2 Å². The van der Waals surface area contributed by atoms with Gasteiger partial charge in [-0.1, -0.05) is 152 Å². The van der Waals surface area contributed by atoms with Crippen molar-refractivity contribution in [3.05, 3.63) is 48.6 Å². The first-order chi connectivity index (χ1) is 24.8. The van der Waals surface area contributed by atoms with Crippen LogP contribution in [0.2, 0.25) is 0 Å². The topological polar surface area (TPSA) is 151 Å². The number of carbonyl (C=O) groups is 1. The zero-order valence-corrected chi connectivity index (χ0v) is 33.3. The Morgan fingerprint density at radius 3 is 1.80 bits per heavy atom. The van der Waals surface area contributed by atoms with Crippen molar-refractivity contribution in [3.63, 3.8) is 0 Å². The number of allylic oxidation sites excluding steroid dienone is 7. The highest BCUT2D eigenvalue weighted by Gasteiger charge is 2.27. The molecule has 0 fully saturated rings. The van der Waals surface area contributed by atoms with Crippen molar-refractivity contribution in [1.82, 2.24) is 5.32 Å². The first-order valence-corrected chi connectivity index (χ1v) is 21.8. The Balaban J connectivity index is 4.23. The number of phosphoric acid groups is 1. The molecule has 298 valence electrons. The molecule has 10 heteroatoms. The fourth-order valence-electron chi connectivity index (χ4n) is 5.56. The fraction of sp³-hybridized carbons (Fsp3) is 0.780. The van der Waals surface area contributed by atoms with Gasteiger partial charge in [-0.15, -0.1) is 0 Å². The van der Waals surface area contributed by atoms with Crippen molar-refractivity contribution in [2.45, 2.75) is 186 Å². The van der Waals surface area contributed by atoms with E-state index in [0.29, 0.717) is 12.8 Å². The molecule has 4 atom stereocenters. The summed E-state index contributed by atoms with van der Waals surface area (Å²) in [6, 6.07) is -1.00. The van der Waals surface area contributed by atoms with E-state index in [-0.39, 0.29) is 19.6 Å². The third-order valence-electron chi connectivity index (χ3n) is 8.68. The number of nitrogens with one attached hydrogen (secondary N) is 1. The van der Waals surface area contributed by atoms with Gasteiger partial charge in [-0.05, 0) is 57.8 Å². The molecule has 6 N–H and O–H groups in total. The summed E-state index contributed by atoms with van der Waals surface area (Å²) in [5.74, 6) is -0.469. The number of phosphoric ester groups is 1. The molecule has 0 bridgehead atoms. The summed E-state index contributed by atoms with van der Waals surface area (Å²) in [7, 11) is -4.40. The van der Waals surface area contributed by atoms with Crippen LogP contribution >= 0.6 is 7.82 Å². The molecule has 4 unspecified atom stereocenters. The summed E-state index contributed by atoms with van der Waals surface area (Å²) in [6.07, 6.45) is 40.8. The van der Waals surface area contributed by atoms with E-state index in [9.17, 15) is 24.5 Å². The smallest absolute Gasteiger partial charge is 0.393 e. The minimum Gasteiger partial charge on any atom is -0.393 e. The van der Waals surface area contributed by atoms with Crippen LogP contribution in [0.4, 0.5) is 0 Å². The average Bonchev–Trinajstić information content (AvgIpc) is 3.10. The maximum Gasteiger partial charge on any atom is 0.472 e. The SMILES string of the molecule is CCCC/C=C/CC/C=C/C(O)C(COP(=O)(O)OCCN)NC(=O)CC(O)CCCCCCC/C=C\C/C=C\CCCCCCCCCCC. The van der Waals surface area contributed by atoms with Crippen LogP contribution in [0.25, 0.3) is 0 Å². The van der Waals surface area contributed by atoms with E-state index >= 15 is 0 Å². The van der Waals surface area contributed by atoms with Gasteiger partial charge in [0.15, 0.2) is 0 Å². The van der Waals surface area contributed by atoms with E-state index in [0.717, 1.165) is 70.6 Å². The standard InChI is InChI=1S/C41H77N2O7P/c1-3-5-7-9-11-13-14-15-16-17-18-19-20-21-22-23-24-25-26-28-30-32-38(44)36-41(46)43-39(37-50-51(47,48)49-35-34-42)40(45)33-31-29-27-12-10-8-6-4-2/h10,12,18-19,21-22,31,33,38-40,44-45H,3-9,11,13-17,20,23-30,32,34-37,42H2,1-2H3,(H,43,46)(H,47,48)/b12-10+,19-18-,22-21-,33-31+. The average molecular weight is 741 g/mol. The van der Waals surface area contributed by atoms with Crippen LogP contribution in [-0.4, -0.2) is 59.0 Å².